The van der Waals surface area contributed by atoms with E-state index in [0.717, 1.165) is 22.7 Å². The van der Waals surface area contributed by atoms with Crippen molar-refractivity contribution in [1.82, 2.24) is 9.88 Å². The number of rotatable bonds is 9. The molecule has 0 aliphatic rings. The summed E-state index contributed by atoms with van der Waals surface area (Å²) < 4.78 is 0. The number of benzene rings is 1. The maximum absolute atomic E-state index is 12.8. The first-order valence-corrected chi connectivity index (χ1v) is 9.14. The van der Waals surface area contributed by atoms with E-state index in [2.05, 4.69) is 9.98 Å². The molecule has 1 aromatic heterocycles. The number of imide groups is 1. The molecule has 2 aromatic rings. The fourth-order valence-electron chi connectivity index (χ4n) is 3.15. The number of aromatic nitrogens is 1. The summed E-state index contributed by atoms with van der Waals surface area (Å²) in [6.45, 7) is 1.43. The highest BCUT2D eigenvalue weighted by molar-refractivity contribution is 6.00. The third-order valence-corrected chi connectivity index (χ3v) is 4.55. The van der Waals surface area contributed by atoms with Gasteiger partial charge in [0.25, 0.3) is 0 Å². The molecule has 10 heteroatoms. The number of hydrogen-bond acceptors (Lipinski definition) is 5. The first-order chi connectivity index (χ1) is 13.7. The van der Waals surface area contributed by atoms with Crippen LogP contribution in [0.4, 0.5) is 0 Å². The van der Waals surface area contributed by atoms with Crippen LogP contribution in [-0.4, -0.2) is 57.4 Å². The Labute approximate surface area is 167 Å². The standard InChI is InChI=1S/C19H26N6O4/c1-11(26)25(17(27)14(20)6-4-8-23-19(21)22)16(18(28)29)9-12-10-24-15-7-3-2-5-13(12)15/h2-3,5,7,10,14,16,24H,4,6,8-9,20H2,1H3,(H,28,29)(H4,21,22,23)/t14-,16-/m0/s1. The number of nitrogens with two attached hydrogens (primary N) is 3. The second-order valence-corrected chi connectivity index (χ2v) is 6.70. The Bertz CT molecular complexity index is 918. The minimum absolute atomic E-state index is 0.0363. The molecule has 1 aromatic carbocycles. The largest absolute Gasteiger partial charge is 0.480 e. The number of carboxylic acids is 1. The van der Waals surface area contributed by atoms with Gasteiger partial charge in [0.1, 0.15) is 6.04 Å². The van der Waals surface area contributed by atoms with E-state index in [0.29, 0.717) is 12.0 Å². The van der Waals surface area contributed by atoms with Gasteiger partial charge in [0, 0.05) is 37.0 Å². The van der Waals surface area contributed by atoms with E-state index < -0.39 is 29.9 Å². The molecule has 2 amide bonds. The minimum Gasteiger partial charge on any atom is -0.480 e. The molecule has 0 bridgehead atoms. The highest BCUT2D eigenvalue weighted by atomic mass is 16.4. The lowest BCUT2D eigenvalue weighted by Crippen LogP contribution is -2.54. The molecule has 2 rings (SSSR count). The average Bonchev–Trinajstić information content (AvgIpc) is 3.07. The first-order valence-electron chi connectivity index (χ1n) is 9.14. The van der Waals surface area contributed by atoms with E-state index in [4.69, 9.17) is 17.2 Å². The van der Waals surface area contributed by atoms with Crippen LogP contribution in [0.1, 0.15) is 25.3 Å². The molecule has 156 valence electrons. The van der Waals surface area contributed by atoms with E-state index in [1.165, 1.54) is 0 Å². The fourth-order valence-corrected chi connectivity index (χ4v) is 3.15. The van der Waals surface area contributed by atoms with Crippen molar-refractivity contribution in [2.45, 2.75) is 38.3 Å². The summed E-state index contributed by atoms with van der Waals surface area (Å²) in [7, 11) is 0. The van der Waals surface area contributed by atoms with Gasteiger partial charge >= 0.3 is 5.97 Å². The van der Waals surface area contributed by atoms with E-state index in [1.807, 2.05) is 24.3 Å². The van der Waals surface area contributed by atoms with Crippen molar-refractivity contribution in [3.8, 4) is 0 Å². The number of para-hydroxylation sites is 1. The number of nitrogens with one attached hydrogen (secondary N) is 1. The minimum atomic E-state index is -1.37. The van der Waals surface area contributed by atoms with Crippen molar-refractivity contribution in [3.63, 3.8) is 0 Å². The number of aromatic amines is 1. The summed E-state index contributed by atoms with van der Waals surface area (Å²) in [5.74, 6) is -2.78. The Morgan fingerprint density at radius 2 is 1.93 bits per heavy atom. The van der Waals surface area contributed by atoms with Gasteiger partial charge in [-0.3, -0.25) is 19.5 Å². The molecular formula is C19H26N6O4. The first kappa shape index (κ1) is 21.9. The monoisotopic (exact) mass is 402 g/mol. The third-order valence-electron chi connectivity index (χ3n) is 4.55. The number of carbonyl (C=O) groups is 3. The molecular weight excluding hydrogens is 376 g/mol. The molecule has 0 saturated carbocycles. The lowest BCUT2D eigenvalue weighted by atomic mass is 10.0. The number of aliphatic carboxylic acids is 1. The van der Waals surface area contributed by atoms with Crippen LogP contribution in [0.3, 0.4) is 0 Å². The lowest BCUT2D eigenvalue weighted by molar-refractivity contribution is -0.157. The highest BCUT2D eigenvalue weighted by Crippen LogP contribution is 2.21. The molecule has 10 nitrogen and oxygen atoms in total. The molecule has 0 radical (unpaired) electrons. The van der Waals surface area contributed by atoms with Crippen molar-refractivity contribution in [2.75, 3.05) is 6.54 Å². The van der Waals surface area contributed by atoms with E-state index in [9.17, 15) is 19.5 Å². The number of H-pyrrole nitrogens is 1. The number of aliphatic imine (C=N–C) groups is 1. The summed E-state index contributed by atoms with van der Waals surface area (Å²) in [6.07, 6.45) is 2.26. The Balaban J connectivity index is 2.20. The quantitative estimate of drug-likeness (QED) is 0.221. The normalized spacial score (nSPS) is 12.9. The number of nitrogens with zero attached hydrogens (tertiary/aromatic N) is 2. The van der Waals surface area contributed by atoms with Gasteiger partial charge in [-0.25, -0.2) is 4.79 Å². The Hall–Kier alpha value is -3.40. The number of guanidine groups is 1. The van der Waals surface area contributed by atoms with Crippen LogP contribution in [0.25, 0.3) is 10.9 Å². The number of fused-ring (bicyclic) bond motifs is 1. The summed E-state index contributed by atoms with van der Waals surface area (Å²) in [5, 5.41) is 10.6. The lowest BCUT2D eigenvalue weighted by Gasteiger charge is -2.28. The Morgan fingerprint density at radius 3 is 2.55 bits per heavy atom. The molecule has 29 heavy (non-hydrogen) atoms. The summed E-state index contributed by atoms with van der Waals surface area (Å²) in [6, 6.07) is 4.96. The topological polar surface area (TPSA) is 181 Å². The van der Waals surface area contributed by atoms with Crippen LogP contribution in [-0.2, 0) is 20.8 Å². The Morgan fingerprint density at radius 1 is 1.24 bits per heavy atom. The smallest absolute Gasteiger partial charge is 0.327 e. The van der Waals surface area contributed by atoms with Crippen LogP contribution < -0.4 is 17.2 Å². The predicted octanol–water partition coefficient (Wildman–Crippen LogP) is -0.0804. The molecule has 0 aliphatic carbocycles. The molecule has 0 fully saturated rings. The van der Waals surface area contributed by atoms with Gasteiger partial charge in [-0.2, -0.15) is 0 Å². The second kappa shape index (κ2) is 9.69. The van der Waals surface area contributed by atoms with Crippen LogP contribution in [0.15, 0.2) is 35.5 Å². The van der Waals surface area contributed by atoms with Crippen molar-refractivity contribution in [1.29, 1.82) is 0 Å². The van der Waals surface area contributed by atoms with Crippen molar-refractivity contribution >= 4 is 34.6 Å². The molecule has 1 heterocycles. The van der Waals surface area contributed by atoms with Gasteiger partial charge in [-0.1, -0.05) is 18.2 Å². The van der Waals surface area contributed by atoms with Crippen LogP contribution >= 0.6 is 0 Å². The van der Waals surface area contributed by atoms with Gasteiger partial charge in [0.15, 0.2) is 5.96 Å². The third kappa shape index (κ3) is 5.55. The molecule has 0 saturated heterocycles. The number of carbonyl (C=O) groups excluding carboxylic acids is 2. The highest BCUT2D eigenvalue weighted by Gasteiger charge is 2.35. The van der Waals surface area contributed by atoms with Gasteiger partial charge in [0.2, 0.25) is 11.8 Å². The predicted molar refractivity (Wildman–Crippen MR) is 109 cm³/mol. The van der Waals surface area contributed by atoms with Crippen LogP contribution in [0, 0.1) is 0 Å². The SMILES string of the molecule is CC(=O)N(C(=O)[C@@H](N)CCCN=C(N)N)[C@@H](Cc1c[nH]c2ccccc12)C(=O)O. The zero-order valence-corrected chi connectivity index (χ0v) is 16.2. The van der Waals surface area contributed by atoms with E-state index in [-0.39, 0.29) is 25.3 Å². The van der Waals surface area contributed by atoms with Crippen LogP contribution in [0.2, 0.25) is 0 Å². The molecule has 0 spiro atoms. The van der Waals surface area contributed by atoms with Gasteiger partial charge in [0.05, 0.1) is 6.04 Å². The number of amides is 2. The van der Waals surface area contributed by atoms with E-state index in [1.54, 1.807) is 6.20 Å². The summed E-state index contributed by atoms with van der Waals surface area (Å²) in [5.41, 5.74) is 17.9. The number of hydrogen-bond donors (Lipinski definition) is 5. The van der Waals surface area contributed by atoms with E-state index >= 15 is 0 Å². The zero-order chi connectivity index (χ0) is 21.6. The Kier molecular flexibility index (Phi) is 7.32. The maximum Gasteiger partial charge on any atom is 0.327 e. The molecule has 0 aliphatic heterocycles. The molecule has 0 unspecified atom stereocenters. The second-order valence-electron chi connectivity index (χ2n) is 6.70. The number of carboxylic acid groups (broad SMARTS) is 1. The van der Waals surface area contributed by atoms with Crippen molar-refractivity contribution < 1.29 is 19.5 Å². The molecule has 8 N–H and O–H groups in total. The van der Waals surface area contributed by atoms with Crippen molar-refractivity contribution in [2.24, 2.45) is 22.2 Å². The average molecular weight is 402 g/mol. The van der Waals surface area contributed by atoms with Crippen LogP contribution in [0.5, 0.6) is 0 Å². The summed E-state index contributed by atoms with van der Waals surface area (Å²) >= 11 is 0. The van der Waals surface area contributed by atoms with Gasteiger partial charge in [-0.05, 0) is 24.5 Å². The van der Waals surface area contributed by atoms with Crippen molar-refractivity contribution in [3.05, 3.63) is 36.0 Å². The fraction of sp³-hybridized carbons (Fsp3) is 0.368. The van der Waals surface area contributed by atoms with Gasteiger partial charge < -0.3 is 27.3 Å². The maximum atomic E-state index is 12.8. The van der Waals surface area contributed by atoms with Gasteiger partial charge in [-0.15, -0.1) is 0 Å². The summed E-state index contributed by atoms with van der Waals surface area (Å²) in [4.78, 5) is 44.5. The zero-order valence-electron chi connectivity index (χ0n) is 16.2. The molecule has 2 atom stereocenters.